The van der Waals surface area contributed by atoms with Crippen molar-refractivity contribution in [2.75, 3.05) is 12.5 Å². The molecule has 2 nitrogen and oxygen atoms in total. The molecule has 0 spiro atoms. The fraction of sp³-hybridized carbons (Fsp3) is 0.625. The maximum absolute atomic E-state index is 10.6. The van der Waals surface area contributed by atoms with E-state index in [2.05, 4.69) is 0 Å². The molecule has 0 unspecified atom stereocenters. The normalized spacial score (nSPS) is 11.4. The zero-order chi connectivity index (χ0) is 8.69. The van der Waals surface area contributed by atoms with Crippen LogP contribution in [-0.4, -0.2) is 18.5 Å². The number of rotatable bonds is 4. The molecule has 64 valence electrons. The Balaban J connectivity index is 3.48. The monoisotopic (exact) mass is 176 g/mol. The molecule has 0 atom stereocenters. The second kappa shape index (κ2) is 6.23. The van der Waals surface area contributed by atoms with Gasteiger partial charge >= 0.3 is 5.97 Å². The van der Waals surface area contributed by atoms with Crippen molar-refractivity contribution in [1.29, 1.82) is 0 Å². The Bertz CT molecular complexity index is 152. The largest absolute Gasteiger partial charge is 0.461 e. The van der Waals surface area contributed by atoms with E-state index in [-0.39, 0.29) is 5.97 Å². The molecule has 11 heavy (non-hydrogen) atoms. The molecule has 0 aromatic heterocycles. The van der Waals surface area contributed by atoms with E-state index in [4.69, 9.17) is 16.3 Å². The summed E-state index contributed by atoms with van der Waals surface area (Å²) in [7, 11) is 0. The summed E-state index contributed by atoms with van der Waals surface area (Å²) in [4.78, 5) is 10.6. The lowest BCUT2D eigenvalue weighted by atomic mass is 10.3. The van der Waals surface area contributed by atoms with E-state index in [1.165, 1.54) is 0 Å². The van der Waals surface area contributed by atoms with E-state index in [1.807, 2.05) is 6.92 Å². The Labute approximate surface area is 72.2 Å². The molecule has 0 amide bonds. The quantitative estimate of drug-likeness (QED) is 0.373. The molecule has 0 N–H and O–H groups in total. The van der Waals surface area contributed by atoms with Crippen LogP contribution in [0.15, 0.2) is 11.6 Å². The molecule has 0 aliphatic carbocycles. The van der Waals surface area contributed by atoms with Gasteiger partial charge in [0.2, 0.25) is 0 Å². The maximum Gasteiger partial charge on any atom is 0.305 e. The summed E-state index contributed by atoms with van der Waals surface area (Å²) < 4.78 is 4.79. The molecule has 0 bridgehead atoms. The van der Waals surface area contributed by atoms with Crippen molar-refractivity contribution in [1.82, 2.24) is 0 Å². The Morgan fingerprint density at radius 2 is 2.27 bits per heavy atom. The third-order valence-corrected chi connectivity index (χ3v) is 1.60. The summed E-state index contributed by atoms with van der Waals surface area (Å²) >= 11 is 5.49. The van der Waals surface area contributed by atoms with Gasteiger partial charge in [0.05, 0.1) is 0 Å². The zero-order valence-electron chi connectivity index (χ0n) is 6.89. The van der Waals surface area contributed by atoms with Gasteiger partial charge in [0.1, 0.15) is 6.61 Å². The fourth-order valence-corrected chi connectivity index (χ4v) is 0.543. The SMILES string of the molecule is CCC(=O)OC/C=C(\C)CCl. The van der Waals surface area contributed by atoms with Crippen LogP contribution in [0.1, 0.15) is 20.3 Å². The van der Waals surface area contributed by atoms with Crippen molar-refractivity contribution in [3.05, 3.63) is 11.6 Å². The molecule has 0 fully saturated rings. The lowest BCUT2D eigenvalue weighted by molar-refractivity contribution is -0.141. The highest BCUT2D eigenvalue weighted by molar-refractivity contribution is 6.19. The summed E-state index contributed by atoms with van der Waals surface area (Å²) in [5, 5.41) is 0. The van der Waals surface area contributed by atoms with Gasteiger partial charge in [0.25, 0.3) is 0 Å². The first-order valence-electron chi connectivity index (χ1n) is 3.58. The van der Waals surface area contributed by atoms with E-state index in [9.17, 15) is 4.79 Å². The molecule has 0 saturated carbocycles. The Kier molecular flexibility index (Phi) is 5.94. The number of carbonyl (C=O) groups excluding carboxylic acids is 1. The van der Waals surface area contributed by atoms with Gasteiger partial charge < -0.3 is 4.74 Å². The van der Waals surface area contributed by atoms with Crippen molar-refractivity contribution < 1.29 is 9.53 Å². The number of ether oxygens (including phenoxy) is 1. The molecule has 0 aromatic rings. The predicted molar refractivity (Wildman–Crippen MR) is 45.7 cm³/mol. The highest BCUT2D eigenvalue weighted by Gasteiger charge is 1.94. The topological polar surface area (TPSA) is 26.3 Å². The van der Waals surface area contributed by atoms with Crippen molar-refractivity contribution in [3.63, 3.8) is 0 Å². The number of alkyl halides is 1. The molecule has 0 aliphatic rings. The van der Waals surface area contributed by atoms with Crippen LogP contribution >= 0.6 is 11.6 Å². The van der Waals surface area contributed by atoms with Crippen LogP contribution in [0, 0.1) is 0 Å². The average molecular weight is 177 g/mol. The van der Waals surface area contributed by atoms with E-state index in [1.54, 1.807) is 13.0 Å². The van der Waals surface area contributed by atoms with E-state index in [0.29, 0.717) is 18.9 Å². The van der Waals surface area contributed by atoms with Gasteiger partial charge in [-0.1, -0.05) is 12.5 Å². The van der Waals surface area contributed by atoms with Gasteiger partial charge in [-0.05, 0) is 13.0 Å². The van der Waals surface area contributed by atoms with Crippen LogP contribution in [0.3, 0.4) is 0 Å². The highest BCUT2D eigenvalue weighted by atomic mass is 35.5. The third kappa shape index (κ3) is 5.92. The minimum absolute atomic E-state index is 0.177. The van der Waals surface area contributed by atoms with E-state index in [0.717, 1.165) is 5.57 Å². The maximum atomic E-state index is 10.6. The van der Waals surface area contributed by atoms with Crippen molar-refractivity contribution >= 4 is 17.6 Å². The van der Waals surface area contributed by atoms with Crippen LogP contribution in [0.4, 0.5) is 0 Å². The number of allylic oxidation sites excluding steroid dienone is 1. The lowest BCUT2D eigenvalue weighted by Crippen LogP contribution is -2.02. The summed E-state index contributed by atoms with van der Waals surface area (Å²) in [5.74, 6) is 0.313. The van der Waals surface area contributed by atoms with Gasteiger partial charge in [0, 0.05) is 12.3 Å². The standard InChI is InChI=1S/C8H13ClO2/c1-3-8(10)11-5-4-7(2)6-9/h4H,3,5-6H2,1-2H3/b7-4+. The summed E-state index contributed by atoms with van der Waals surface area (Å²) in [5.41, 5.74) is 1.02. The van der Waals surface area contributed by atoms with Crippen LogP contribution in [-0.2, 0) is 9.53 Å². The summed E-state index contributed by atoms with van der Waals surface area (Å²) in [6, 6.07) is 0. The first kappa shape index (κ1) is 10.5. The van der Waals surface area contributed by atoms with Gasteiger partial charge in [-0.3, -0.25) is 4.79 Å². The molecular formula is C8H13ClO2. The Morgan fingerprint density at radius 3 is 2.73 bits per heavy atom. The summed E-state index contributed by atoms with van der Waals surface area (Å²) in [6.07, 6.45) is 2.23. The number of esters is 1. The van der Waals surface area contributed by atoms with Crippen molar-refractivity contribution in [2.45, 2.75) is 20.3 Å². The molecule has 0 aliphatic heterocycles. The van der Waals surface area contributed by atoms with E-state index < -0.39 is 0 Å². The third-order valence-electron chi connectivity index (χ3n) is 1.18. The summed E-state index contributed by atoms with van der Waals surface area (Å²) in [6.45, 7) is 4.00. The fourth-order valence-electron chi connectivity index (χ4n) is 0.433. The second-order valence-electron chi connectivity index (χ2n) is 2.22. The van der Waals surface area contributed by atoms with Gasteiger partial charge in [0.15, 0.2) is 0 Å². The van der Waals surface area contributed by atoms with Crippen molar-refractivity contribution in [2.24, 2.45) is 0 Å². The molecule has 0 aromatic carbocycles. The number of carbonyl (C=O) groups is 1. The molecule has 3 heteroatoms. The van der Waals surface area contributed by atoms with Crippen LogP contribution in [0.5, 0.6) is 0 Å². The highest BCUT2D eigenvalue weighted by Crippen LogP contribution is 1.95. The first-order valence-corrected chi connectivity index (χ1v) is 4.11. The van der Waals surface area contributed by atoms with Crippen LogP contribution in [0.2, 0.25) is 0 Å². The minimum atomic E-state index is -0.177. The van der Waals surface area contributed by atoms with Crippen molar-refractivity contribution in [3.8, 4) is 0 Å². The molecule has 0 saturated heterocycles. The molecule has 0 heterocycles. The van der Waals surface area contributed by atoms with Crippen LogP contribution in [0.25, 0.3) is 0 Å². The number of hydrogen-bond acceptors (Lipinski definition) is 2. The van der Waals surface area contributed by atoms with Gasteiger partial charge in [-0.2, -0.15) is 0 Å². The van der Waals surface area contributed by atoms with Crippen LogP contribution < -0.4 is 0 Å². The smallest absolute Gasteiger partial charge is 0.305 e. The zero-order valence-corrected chi connectivity index (χ0v) is 7.65. The molecular weight excluding hydrogens is 164 g/mol. The number of hydrogen-bond donors (Lipinski definition) is 0. The van der Waals surface area contributed by atoms with E-state index >= 15 is 0 Å². The first-order chi connectivity index (χ1) is 5.20. The number of halogens is 1. The van der Waals surface area contributed by atoms with Gasteiger partial charge in [-0.25, -0.2) is 0 Å². The minimum Gasteiger partial charge on any atom is -0.461 e. The lowest BCUT2D eigenvalue weighted by Gasteiger charge is -1.98. The molecule has 0 radical (unpaired) electrons. The predicted octanol–water partition coefficient (Wildman–Crippen LogP) is 2.12. The second-order valence-corrected chi connectivity index (χ2v) is 2.49. The average Bonchev–Trinajstić information content (AvgIpc) is 2.04. The Morgan fingerprint density at radius 1 is 1.64 bits per heavy atom. The van der Waals surface area contributed by atoms with Gasteiger partial charge in [-0.15, -0.1) is 11.6 Å². The molecule has 0 rings (SSSR count). The Hall–Kier alpha value is -0.500.